The van der Waals surface area contributed by atoms with Gasteiger partial charge >= 0.3 is 0 Å². The molecule has 0 radical (unpaired) electrons. The number of aromatic nitrogens is 1. The molecule has 0 bridgehead atoms. The Balaban J connectivity index is 0.000000548. The lowest BCUT2D eigenvalue weighted by atomic mass is 10.1. The molecule has 1 aromatic carbocycles. The number of hydrogen-bond donors (Lipinski definition) is 4. The van der Waals surface area contributed by atoms with E-state index in [0.29, 0.717) is 38.9 Å². The fraction of sp³-hybridized carbons (Fsp3) is 0.500. The molecule has 1 fully saturated rings. The van der Waals surface area contributed by atoms with Gasteiger partial charge in [-0.3, -0.25) is 9.59 Å². The van der Waals surface area contributed by atoms with Crippen molar-refractivity contribution in [1.82, 2.24) is 15.2 Å². The highest BCUT2D eigenvalue weighted by Gasteiger charge is 2.27. The van der Waals surface area contributed by atoms with Gasteiger partial charge in [0, 0.05) is 30.8 Å². The normalized spacial score (nSPS) is 14.4. The molecule has 1 atom stereocenters. The highest BCUT2D eigenvalue weighted by atomic mass is 32.1. The van der Waals surface area contributed by atoms with Crippen LogP contribution in [0.25, 0.3) is 10.4 Å². The number of aliphatic hydroxyl groups is 1. The number of aldehydes is 1. The Morgan fingerprint density at radius 2 is 1.91 bits per heavy atom. The van der Waals surface area contributed by atoms with Crippen molar-refractivity contribution in [3.8, 4) is 10.4 Å². The van der Waals surface area contributed by atoms with Crippen molar-refractivity contribution in [2.24, 2.45) is 5.73 Å². The maximum Gasteiger partial charge on any atom is 0.224 e. The van der Waals surface area contributed by atoms with Crippen LogP contribution in [0.15, 0.2) is 29.8 Å². The van der Waals surface area contributed by atoms with Crippen LogP contribution in [-0.2, 0) is 20.9 Å². The van der Waals surface area contributed by atoms with Crippen molar-refractivity contribution < 1.29 is 19.5 Å². The Morgan fingerprint density at radius 1 is 1.32 bits per heavy atom. The van der Waals surface area contributed by atoms with E-state index in [4.69, 9.17) is 4.79 Å². The quantitative estimate of drug-likeness (QED) is 0.350. The first kappa shape index (κ1) is 31.7. The number of carbonyl (C=O) groups is 3. The van der Waals surface area contributed by atoms with Crippen LogP contribution in [0.3, 0.4) is 0 Å². The zero-order valence-corrected chi connectivity index (χ0v) is 22.4. The Labute approximate surface area is 212 Å². The van der Waals surface area contributed by atoms with Crippen molar-refractivity contribution in [2.75, 3.05) is 20.1 Å². The molecule has 1 aromatic heterocycles. The molecule has 2 aromatic rings. The van der Waals surface area contributed by atoms with Crippen LogP contribution in [0, 0.1) is 6.92 Å². The zero-order chi connectivity index (χ0) is 26.1. The fourth-order valence-corrected chi connectivity index (χ4v) is 3.91. The first-order valence-corrected chi connectivity index (χ1v) is 12.3. The van der Waals surface area contributed by atoms with E-state index < -0.39 is 0 Å². The minimum absolute atomic E-state index is 0.0940. The first-order chi connectivity index (χ1) is 16.1. The van der Waals surface area contributed by atoms with Gasteiger partial charge in [-0.1, -0.05) is 38.1 Å². The number of amides is 2. The molecular formula is C24H38N4O4S2. The number of aliphatic hydroxyl groups excluding tert-OH is 1. The molecule has 8 nitrogen and oxygen atoms in total. The number of β-amino-alcohol motifs (C(OH)–C–C–N with tert-alkyl or cyclic N) is 1. The van der Waals surface area contributed by atoms with Gasteiger partial charge in [0.2, 0.25) is 12.3 Å². The van der Waals surface area contributed by atoms with Gasteiger partial charge in [-0.05, 0) is 38.4 Å². The summed E-state index contributed by atoms with van der Waals surface area (Å²) < 4.78 is -0.259. The number of likely N-dealkylation sites (tertiary alicyclic amines) is 1. The molecular weight excluding hydrogens is 472 g/mol. The van der Waals surface area contributed by atoms with E-state index >= 15 is 0 Å². The van der Waals surface area contributed by atoms with Gasteiger partial charge in [0.1, 0.15) is 6.29 Å². The zero-order valence-electron chi connectivity index (χ0n) is 20.7. The number of carbonyl (C=O) groups excluding carboxylic acids is 3. The van der Waals surface area contributed by atoms with E-state index in [-0.39, 0.29) is 16.8 Å². The van der Waals surface area contributed by atoms with E-state index in [1.807, 2.05) is 38.4 Å². The topological polar surface area (TPSA) is 126 Å². The van der Waals surface area contributed by atoms with Crippen molar-refractivity contribution in [2.45, 2.75) is 57.9 Å². The SMILES string of the molecule is CC(C)(S)CC(=O)N1CCC(O)C1.CC=O.CN.Cc1ncsc1-c1ccc(CNC=O)cc1. The molecule has 0 spiro atoms. The average Bonchev–Trinajstić information content (AvgIpc) is 3.42. The van der Waals surface area contributed by atoms with Crippen LogP contribution in [0.2, 0.25) is 0 Å². The number of thiol groups is 1. The van der Waals surface area contributed by atoms with E-state index in [9.17, 15) is 14.7 Å². The van der Waals surface area contributed by atoms with E-state index in [1.54, 1.807) is 16.2 Å². The van der Waals surface area contributed by atoms with Gasteiger partial charge < -0.3 is 25.9 Å². The highest BCUT2D eigenvalue weighted by molar-refractivity contribution is 7.81. The van der Waals surface area contributed by atoms with Crippen molar-refractivity contribution in [3.63, 3.8) is 0 Å². The number of nitrogens with two attached hydrogens (primary N) is 1. The number of rotatable bonds is 6. The van der Waals surface area contributed by atoms with Crippen LogP contribution in [0.5, 0.6) is 0 Å². The second kappa shape index (κ2) is 17.2. The van der Waals surface area contributed by atoms with E-state index in [0.717, 1.165) is 17.5 Å². The predicted octanol–water partition coefficient (Wildman–Crippen LogP) is 2.82. The summed E-state index contributed by atoms with van der Waals surface area (Å²) in [4.78, 5) is 37.7. The summed E-state index contributed by atoms with van der Waals surface area (Å²) in [6.45, 7) is 9.03. The molecule has 4 N–H and O–H groups in total. The van der Waals surface area contributed by atoms with Crippen LogP contribution in [0.1, 0.15) is 44.9 Å². The average molecular weight is 511 g/mol. The Morgan fingerprint density at radius 3 is 2.32 bits per heavy atom. The van der Waals surface area contributed by atoms with Crippen molar-refractivity contribution >= 4 is 42.6 Å². The molecule has 3 rings (SSSR count). The summed E-state index contributed by atoms with van der Waals surface area (Å²) in [6, 6.07) is 8.15. The maximum absolute atomic E-state index is 11.6. The largest absolute Gasteiger partial charge is 0.391 e. The number of benzene rings is 1. The van der Waals surface area contributed by atoms with Gasteiger partial charge in [-0.15, -0.1) is 11.3 Å². The van der Waals surface area contributed by atoms with Gasteiger partial charge in [-0.2, -0.15) is 12.6 Å². The minimum Gasteiger partial charge on any atom is -0.391 e. The lowest BCUT2D eigenvalue weighted by Gasteiger charge is -2.21. The van der Waals surface area contributed by atoms with Crippen LogP contribution in [-0.4, -0.2) is 64.6 Å². The molecule has 1 aliphatic rings. The van der Waals surface area contributed by atoms with Crippen LogP contribution in [0.4, 0.5) is 0 Å². The molecule has 1 unspecified atom stereocenters. The molecule has 34 heavy (non-hydrogen) atoms. The van der Waals surface area contributed by atoms with Crippen LogP contribution >= 0.6 is 24.0 Å². The van der Waals surface area contributed by atoms with Crippen molar-refractivity contribution in [1.29, 1.82) is 0 Å². The molecule has 0 aliphatic carbocycles. The molecule has 190 valence electrons. The predicted molar refractivity (Wildman–Crippen MR) is 142 cm³/mol. The number of aryl methyl sites for hydroxylation is 1. The minimum atomic E-state index is -0.327. The fourth-order valence-electron chi connectivity index (χ4n) is 2.96. The van der Waals surface area contributed by atoms with Gasteiger partial charge in [0.25, 0.3) is 0 Å². The Kier molecular flexibility index (Phi) is 16.1. The van der Waals surface area contributed by atoms with Crippen molar-refractivity contribution in [3.05, 3.63) is 41.0 Å². The molecule has 2 heterocycles. The molecule has 1 saturated heterocycles. The second-order valence-electron chi connectivity index (χ2n) is 7.97. The third-order valence-corrected chi connectivity index (χ3v) is 5.59. The summed E-state index contributed by atoms with van der Waals surface area (Å²) in [7, 11) is 1.50. The summed E-state index contributed by atoms with van der Waals surface area (Å²) in [5.74, 6) is 0.0940. The molecule has 2 amide bonds. The summed E-state index contributed by atoms with van der Waals surface area (Å²) in [5, 5.41) is 11.9. The van der Waals surface area contributed by atoms with E-state index in [2.05, 4.69) is 40.8 Å². The smallest absolute Gasteiger partial charge is 0.224 e. The Hall–Kier alpha value is -2.27. The maximum atomic E-state index is 11.6. The van der Waals surface area contributed by atoms with E-state index in [1.165, 1.54) is 24.4 Å². The number of nitrogens with one attached hydrogen (secondary N) is 1. The number of thiazole rings is 1. The second-order valence-corrected chi connectivity index (χ2v) is 10.0. The highest BCUT2D eigenvalue weighted by Crippen LogP contribution is 2.27. The summed E-state index contributed by atoms with van der Waals surface area (Å²) in [6.07, 6.45) is 2.27. The summed E-state index contributed by atoms with van der Waals surface area (Å²) >= 11 is 5.94. The monoisotopic (exact) mass is 510 g/mol. The molecule has 1 aliphatic heterocycles. The van der Waals surface area contributed by atoms with Gasteiger partial charge in [0.15, 0.2) is 0 Å². The standard InChI is InChI=1S/C12H12N2OS.C9H17NO2S.C2H4O.CH5N/c1-9-12(16-8-14-9)11-4-2-10(3-5-11)6-13-7-15;1-9(2,13)5-8(12)10-4-3-7(11)6-10;1-2-3;1-2/h2-5,7-8H,6H2,1H3,(H,13,15);7,11,13H,3-6H2,1-2H3;2H,1H3;2H2,1H3. The lowest BCUT2D eigenvalue weighted by Crippen LogP contribution is -2.33. The Bertz CT molecular complexity index is 851. The van der Waals surface area contributed by atoms with Crippen LogP contribution < -0.4 is 11.1 Å². The molecule has 10 heteroatoms. The third-order valence-electron chi connectivity index (χ3n) is 4.45. The molecule has 0 saturated carbocycles. The first-order valence-electron chi connectivity index (χ1n) is 10.9. The number of hydrogen-bond acceptors (Lipinski definition) is 8. The van der Waals surface area contributed by atoms with Gasteiger partial charge in [-0.25, -0.2) is 4.98 Å². The van der Waals surface area contributed by atoms with Gasteiger partial charge in [0.05, 0.1) is 22.2 Å². The number of nitrogens with zero attached hydrogens (tertiary/aromatic N) is 2. The summed E-state index contributed by atoms with van der Waals surface area (Å²) in [5.41, 5.74) is 9.68. The lowest BCUT2D eigenvalue weighted by molar-refractivity contribution is -0.130. The third kappa shape index (κ3) is 12.8.